The van der Waals surface area contributed by atoms with E-state index in [9.17, 15) is 19.2 Å². The minimum absolute atomic E-state index is 0.0581. The van der Waals surface area contributed by atoms with Crippen molar-refractivity contribution in [1.82, 2.24) is 5.32 Å². The molecule has 8 atom stereocenters. The van der Waals surface area contributed by atoms with Gasteiger partial charge in [0.1, 0.15) is 17.3 Å². The monoisotopic (exact) mass is 445 g/mol. The third-order valence-corrected chi connectivity index (χ3v) is 10.2. The van der Waals surface area contributed by atoms with Crippen molar-refractivity contribution in [3.05, 3.63) is 0 Å². The number of carbonyl (C=O) groups excluding carboxylic acids is 4. The summed E-state index contributed by atoms with van der Waals surface area (Å²) in [6.07, 6.45) is 5.79. The lowest BCUT2D eigenvalue weighted by molar-refractivity contribution is -0.166. The minimum atomic E-state index is -0.495. The van der Waals surface area contributed by atoms with Gasteiger partial charge in [-0.05, 0) is 60.7 Å². The van der Waals surface area contributed by atoms with Gasteiger partial charge in [-0.3, -0.25) is 19.2 Å². The average Bonchev–Trinajstić information content (AvgIpc) is 3.11. The molecule has 0 aromatic heterocycles. The lowest BCUT2D eigenvalue weighted by Gasteiger charge is -2.58. The number of fused-ring (bicyclic) bond motifs is 5. The summed E-state index contributed by atoms with van der Waals surface area (Å²) < 4.78 is 0. The van der Waals surface area contributed by atoms with Crippen molar-refractivity contribution in [2.75, 3.05) is 13.2 Å². The van der Waals surface area contributed by atoms with Crippen molar-refractivity contribution in [2.45, 2.75) is 78.6 Å². The van der Waals surface area contributed by atoms with Gasteiger partial charge in [-0.2, -0.15) is 0 Å². The molecule has 0 bridgehead atoms. The van der Waals surface area contributed by atoms with E-state index in [1.807, 2.05) is 0 Å². The highest BCUT2D eigenvalue weighted by atomic mass is 16.3. The maximum atomic E-state index is 13.7. The van der Waals surface area contributed by atoms with E-state index in [-0.39, 0.29) is 71.5 Å². The molecule has 1 amide bonds. The predicted molar refractivity (Wildman–Crippen MR) is 119 cm³/mol. The zero-order chi connectivity index (χ0) is 23.3. The molecule has 4 aliphatic rings. The van der Waals surface area contributed by atoms with E-state index >= 15 is 0 Å². The number of carbonyl (C=O) groups is 4. The highest BCUT2D eigenvalue weighted by Crippen LogP contribution is 2.66. The number of nitrogens with one attached hydrogen (secondary N) is 1. The quantitative estimate of drug-likeness (QED) is 0.654. The number of rotatable bonds is 6. The second-order valence-electron chi connectivity index (χ2n) is 11.5. The van der Waals surface area contributed by atoms with Gasteiger partial charge in [0, 0.05) is 50.0 Å². The van der Waals surface area contributed by atoms with E-state index in [4.69, 9.17) is 5.11 Å². The summed E-state index contributed by atoms with van der Waals surface area (Å²) in [6.45, 7) is 6.68. The standard InChI is InChI=1S/C26H39NO5/c1-15(4-7-23(32)27-10-11-28)18-5-6-19-24-20(14-22(31)26(18,19)3)25(2)9-8-17(29)12-16(25)13-21(24)30/h15-16,18-20,24,28H,4-14H2,1-3H3,(H,27,32)/t15-,16+,18-,19+,20+,24+,25+,26-/m1/s1. The second kappa shape index (κ2) is 8.66. The molecular formula is C26H39NO5. The molecule has 32 heavy (non-hydrogen) atoms. The topological polar surface area (TPSA) is 101 Å². The fraction of sp³-hybridized carbons (Fsp3) is 0.846. The average molecular weight is 446 g/mol. The van der Waals surface area contributed by atoms with Crippen LogP contribution in [0.25, 0.3) is 0 Å². The fourth-order valence-corrected chi connectivity index (χ4v) is 8.23. The molecule has 2 N–H and O–H groups in total. The molecule has 0 heterocycles. The summed E-state index contributed by atoms with van der Waals surface area (Å²) in [4.78, 5) is 51.3. The Morgan fingerprint density at radius 1 is 1.12 bits per heavy atom. The van der Waals surface area contributed by atoms with E-state index in [0.717, 1.165) is 19.3 Å². The van der Waals surface area contributed by atoms with Gasteiger partial charge in [0.15, 0.2) is 0 Å². The molecule has 0 radical (unpaired) electrons. The van der Waals surface area contributed by atoms with Crippen LogP contribution in [0.15, 0.2) is 0 Å². The van der Waals surface area contributed by atoms with Crippen LogP contribution in [0.3, 0.4) is 0 Å². The highest BCUT2D eigenvalue weighted by Gasteiger charge is 2.66. The van der Waals surface area contributed by atoms with Crippen LogP contribution in [0.2, 0.25) is 0 Å². The Balaban J connectivity index is 1.53. The second-order valence-corrected chi connectivity index (χ2v) is 11.5. The van der Waals surface area contributed by atoms with E-state index in [0.29, 0.717) is 44.3 Å². The lowest BCUT2D eigenvalue weighted by Crippen LogP contribution is -2.60. The van der Waals surface area contributed by atoms with Crippen molar-refractivity contribution >= 4 is 23.3 Å². The van der Waals surface area contributed by atoms with Gasteiger partial charge in [0.25, 0.3) is 0 Å². The predicted octanol–water partition coefficient (Wildman–Crippen LogP) is 3.10. The Hall–Kier alpha value is -1.56. The number of amides is 1. The van der Waals surface area contributed by atoms with Crippen LogP contribution >= 0.6 is 0 Å². The van der Waals surface area contributed by atoms with Crippen LogP contribution < -0.4 is 5.32 Å². The Morgan fingerprint density at radius 2 is 1.88 bits per heavy atom. The van der Waals surface area contributed by atoms with Gasteiger partial charge in [-0.25, -0.2) is 0 Å². The minimum Gasteiger partial charge on any atom is -0.395 e. The van der Waals surface area contributed by atoms with Crippen LogP contribution in [0, 0.1) is 46.3 Å². The maximum Gasteiger partial charge on any atom is 0.220 e. The van der Waals surface area contributed by atoms with Gasteiger partial charge in [0.05, 0.1) is 6.61 Å². The van der Waals surface area contributed by atoms with Crippen molar-refractivity contribution in [3.63, 3.8) is 0 Å². The zero-order valence-corrected chi connectivity index (χ0v) is 19.8. The lowest BCUT2D eigenvalue weighted by atomic mass is 9.44. The normalized spacial score (nSPS) is 42.1. The van der Waals surface area contributed by atoms with E-state index in [2.05, 4.69) is 26.1 Å². The van der Waals surface area contributed by atoms with Crippen molar-refractivity contribution in [1.29, 1.82) is 0 Å². The molecule has 6 nitrogen and oxygen atoms in total. The Bertz CT molecular complexity index is 808. The number of hydrogen-bond donors (Lipinski definition) is 2. The Morgan fingerprint density at radius 3 is 2.59 bits per heavy atom. The largest absolute Gasteiger partial charge is 0.395 e. The molecule has 0 unspecified atom stereocenters. The third kappa shape index (κ3) is 3.66. The molecular weight excluding hydrogens is 406 g/mol. The Labute approximate surface area is 191 Å². The molecule has 0 spiro atoms. The molecule has 6 heteroatoms. The van der Waals surface area contributed by atoms with Gasteiger partial charge in [-0.15, -0.1) is 0 Å². The molecule has 0 saturated heterocycles. The molecule has 4 fully saturated rings. The van der Waals surface area contributed by atoms with E-state index < -0.39 is 5.41 Å². The molecule has 4 rings (SSSR count). The number of aliphatic hydroxyl groups is 1. The molecule has 0 aromatic rings. The SMILES string of the molecule is C[C@H](CCC(=O)NCCO)[C@H]1CC[C@H]2[C@@H]3C(=O)C[C@@H]4CC(=O)CC[C@]4(C)[C@H]3CC(=O)[C@]12C. The smallest absolute Gasteiger partial charge is 0.220 e. The van der Waals surface area contributed by atoms with Crippen LogP contribution in [-0.4, -0.2) is 41.5 Å². The van der Waals surface area contributed by atoms with Gasteiger partial charge >= 0.3 is 0 Å². The first-order valence-electron chi connectivity index (χ1n) is 12.6. The first kappa shape index (κ1) is 23.6. The van der Waals surface area contributed by atoms with E-state index in [1.165, 1.54) is 0 Å². The summed E-state index contributed by atoms with van der Waals surface area (Å²) in [5.74, 6) is 1.41. The molecule has 4 aliphatic carbocycles. The first-order valence-corrected chi connectivity index (χ1v) is 12.6. The summed E-state index contributed by atoms with van der Waals surface area (Å²) in [5, 5.41) is 11.6. The third-order valence-electron chi connectivity index (χ3n) is 10.2. The summed E-state index contributed by atoms with van der Waals surface area (Å²) >= 11 is 0. The number of hydrogen-bond acceptors (Lipinski definition) is 5. The first-order chi connectivity index (χ1) is 15.1. The van der Waals surface area contributed by atoms with Crippen LogP contribution in [0.4, 0.5) is 0 Å². The van der Waals surface area contributed by atoms with Crippen molar-refractivity contribution in [2.24, 2.45) is 46.3 Å². The fourth-order valence-electron chi connectivity index (χ4n) is 8.23. The highest BCUT2D eigenvalue weighted by molar-refractivity contribution is 5.93. The van der Waals surface area contributed by atoms with Gasteiger partial charge in [0.2, 0.25) is 5.91 Å². The van der Waals surface area contributed by atoms with E-state index in [1.54, 1.807) is 0 Å². The number of Topliss-reactive ketones (excluding diaryl/α,β-unsaturated/α-hetero) is 3. The van der Waals surface area contributed by atoms with Gasteiger partial charge < -0.3 is 10.4 Å². The zero-order valence-electron chi connectivity index (χ0n) is 19.8. The molecule has 0 aliphatic heterocycles. The summed E-state index contributed by atoms with van der Waals surface area (Å²) in [5.41, 5.74) is -0.580. The summed E-state index contributed by atoms with van der Waals surface area (Å²) in [6, 6.07) is 0. The number of aliphatic hydroxyl groups excluding tert-OH is 1. The van der Waals surface area contributed by atoms with Crippen LogP contribution in [0.5, 0.6) is 0 Å². The molecule has 4 saturated carbocycles. The van der Waals surface area contributed by atoms with Crippen LogP contribution in [0.1, 0.15) is 78.6 Å². The van der Waals surface area contributed by atoms with Crippen molar-refractivity contribution < 1.29 is 24.3 Å². The molecule has 0 aromatic carbocycles. The maximum absolute atomic E-state index is 13.7. The molecule has 178 valence electrons. The van der Waals surface area contributed by atoms with Gasteiger partial charge in [-0.1, -0.05) is 20.8 Å². The van der Waals surface area contributed by atoms with Crippen LogP contribution in [-0.2, 0) is 19.2 Å². The number of ketones is 3. The van der Waals surface area contributed by atoms with Crippen molar-refractivity contribution in [3.8, 4) is 0 Å². The summed E-state index contributed by atoms with van der Waals surface area (Å²) in [7, 11) is 0. The Kier molecular flexibility index (Phi) is 6.38.